The van der Waals surface area contributed by atoms with Gasteiger partial charge >= 0.3 is 74.3 Å². The average molecular weight is 351 g/mol. The topological polar surface area (TPSA) is 80.9 Å². The van der Waals surface area contributed by atoms with Crippen LogP contribution in [0.15, 0.2) is 0 Å². The van der Waals surface area contributed by atoms with Crippen molar-refractivity contribution in [3.63, 3.8) is 0 Å². The first kappa shape index (κ1) is 22.4. The number of hydrogen-bond acceptors (Lipinski definition) is 4. The molecule has 8 heavy (non-hydrogen) atoms. The molecule has 0 bridgehead atoms. The van der Waals surface area contributed by atoms with Crippen molar-refractivity contribution in [2.24, 2.45) is 0 Å². The summed E-state index contributed by atoms with van der Waals surface area (Å²) in [6.07, 6.45) is 0. The van der Waals surface area contributed by atoms with Crippen molar-refractivity contribution in [3.8, 4) is 0 Å². The minimum atomic E-state index is -4.61. The summed E-state index contributed by atoms with van der Waals surface area (Å²) < 4.78 is 0. The quantitative estimate of drug-likeness (QED) is 0.336. The Hall–Kier alpha value is 2.91. The average Bonchev–Trinajstić information content (AvgIpc) is 0.722. The van der Waals surface area contributed by atoms with Gasteiger partial charge in [0.15, 0.2) is 0 Å². The first-order valence-corrected chi connectivity index (χ1v) is 2.68. The maximum Gasteiger partial charge on any atom is 2.00 e. The van der Waals surface area contributed by atoms with Gasteiger partial charge in [0.05, 0.1) is 0 Å². The van der Waals surface area contributed by atoms with Crippen LogP contribution in [0.4, 0.5) is 0 Å². The summed E-state index contributed by atoms with van der Waals surface area (Å²) in [6, 6.07) is 0. The normalized spacial score (nSPS) is 7.50. The fourth-order valence-corrected chi connectivity index (χ4v) is 0. The van der Waals surface area contributed by atoms with Crippen LogP contribution in [0, 0.1) is 0 Å². The second-order valence-corrected chi connectivity index (χ2v) is 1.80. The Morgan fingerprint density at radius 3 is 1.00 bits per heavy atom. The zero-order valence-corrected chi connectivity index (χ0v) is 10.1. The number of hydrogen-bond donors (Lipinski definition) is 4. The van der Waals surface area contributed by atoms with Gasteiger partial charge in [-0.1, -0.05) is 0 Å². The Morgan fingerprint density at radius 2 is 1.00 bits per heavy atom. The van der Waals surface area contributed by atoms with Gasteiger partial charge in [-0.2, -0.15) is 0 Å². The Balaban J connectivity index is -0.00000000800. The van der Waals surface area contributed by atoms with Crippen LogP contribution in [-0.2, 0) is 22.4 Å². The van der Waals surface area contributed by atoms with E-state index >= 15 is 0 Å². The van der Waals surface area contributed by atoms with Crippen LogP contribution in [-0.4, -0.2) is 93.5 Å². The zero-order chi connectivity index (χ0) is 4.50. The molecule has 0 saturated carbocycles. The second kappa shape index (κ2) is 9.91. The van der Waals surface area contributed by atoms with Gasteiger partial charge in [-0.25, -0.2) is 0 Å². The molecule has 0 spiro atoms. The summed E-state index contributed by atoms with van der Waals surface area (Å²) in [5.74, 6) is 0. The third kappa shape index (κ3) is 65.7. The van der Waals surface area contributed by atoms with Crippen molar-refractivity contribution in [1.82, 2.24) is 0 Å². The van der Waals surface area contributed by atoms with E-state index in [9.17, 15) is 0 Å². The van der Waals surface area contributed by atoms with Crippen LogP contribution < -0.4 is 0 Å². The second-order valence-electron chi connectivity index (χ2n) is 0.600. The van der Waals surface area contributed by atoms with Crippen LogP contribution in [0.5, 0.6) is 0 Å². The molecular formula is H9GaNbO4SiSr. The van der Waals surface area contributed by atoms with E-state index in [2.05, 4.69) is 0 Å². The van der Waals surface area contributed by atoms with Crippen LogP contribution in [0.3, 0.4) is 0 Å². The molecule has 4 nitrogen and oxygen atoms in total. The SMILES string of the molecule is O[Si](O)(O)O.[GaH3].[H-].[H-].[Nb].[Sr+2]. The Labute approximate surface area is 117 Å². The molecule has 0 aliphatic carbocycles. The van der Waals surface area contributed by atoms with Gasteiger partial charge in [-0.15, -0.1) is 0 Å². The predicted molar refractivity (Wildman–Crippen MR) is 32.5 cm³/mol. The third-order valence-corrected chi connectivity index (χ3v) is 0. The molecule has 0 amide bonds. The Morgan fingerprint density at radius 1 is 1.00 bits per heavy atom. The van der Waals surface area contributed by atoms with E-state index in [1.165, 1.54) is 0 Å². The van der Waals surface area contributed by atoms with Crippen LogP contribution >= 0.6 is 0 Å². The summed E-state index contributed by atoms with van der Waals surface area (Å²) in [7, 11) is -4.61. The van der Waals surface area contributed by atoms with Crippen LogP contribution in [0.1, 0.15) is 2.85 Å². The van der Waals surface area contributed by atoms with Crippen molar-refractivity contribution in [2.75, 3.05) is 0 Å². The molecule has 0 atom stereocenters. The summed E-state index contributed by atoms with van der Waals surface area (Å²) >= 11 is 0. The van der Waals surface area contributed by atoms with E-state index in [1.807, 2.05) is 0 Å². The molecule has 0 aromatic carbocycles. The van der Waals surface area contributed by atoms with Crippen molar-refractivity contribution in [1.29, 1.82) is 0 Å². The molecule has 0 aliphatic heterocycles. The fraction of sp³-hybridized carbons (Fsp3) is 0. The van der Waals surface area contributed by atoms with Gasteiger partial charge in [0.2, 0.25) is 0 Å². The van der Waals surface area contributed by atoms with E-state index in [4.69, 9.17) is 19.2 Å². The molecule has 1 radical (unpaired) electrons. The summed E-state index contributed by atoms with van der Waals surface area (Å²) in [4.78, 5) is 29.3. The van der Waals surface area contributed by atoms with Gasteiger partial charge in [-0.05, 0) is 0 Å². The smallest absolute Gasteiger partial charge is 1.00 e. The molecule has 47 valence electrons. The maximum atomic E-state index is 7.33. The monoisotopic (exact) mass is 351 g/mol. The van der Waals surface area contributed by atoms with Crippen molar-refractivity contribution in [2.45, 2.75) is 0 Å². The van der Waals surface area contributed by atoms with Crippen LogP contribution in [0.2, 0.25) is 0 Å². The molecule has 0 aromatic heterocycles. The summed E-state index contributed by atoms with van der Waals surface area (Å²) in [5, 5.41) is 0. The fourth-order valence-electron chi connectivity index (χ4n) is 0. The van der Waals surface area contributed by atoms with Crippen LogP contribution in [0.25, 0.3) is 0 Å². The molecular weight excluding hydrogens is 342 g/mol. The van der Waals surface area contributed by atoms with E-state index in [-0.39, 0.29) is 90.5 Å². The molecule has 4 N–H and O–H groups in total. The molecule has 0 aliphatic rings. The van der Waals surface area contributed by atoms with Gasteiger partial charge in [0, 0.05) is 22.4 Å². The summed E-state index contributed by atoms with van der Waals surface area (Å²) in [6.45, 7) is 0. The molecule has 0 saturated heterocycles. The molecule has 0 fully saturated rings. The maximum absolute atomic E-state index is 7.33. The molecule has 0 heterocycles. The van der Waals surface area contributed by atoms with Crippen molar-refractivity contribution >= 4 is 74.3 Å². The molecule has 0 unspecified atom stereocenters. The van der Waals surface area contributed by atoms with Gasteiger partial charge in [0.1, 0.15) is 0 Å². The minimum absolute atomic E-state index is 0. The van der Waals surface area contributed by atoms with E-state index < -0.39 is 9.05 Å². The van der Waals surface area contributed by atoms with E-state index in [0.717, 1.165) is 0 Å². The molecule has 0 aromatic rings. The number of rotatable bonds is 0. The van der Waals surface area contributed by atoms with E-state index in [0.29, 0.717) is 0 Å². The standard InChI is InChI=1S/Ga.Nb.H4O4Si.Sr.5H/c;;1-5(2,3)4;;;;;;/h;;1-4H;;;;;;/q;;;+2;;;;2*-1. The Kier molecular flexibility index (Phi) is 27.8. The van der Waals surface area contributed by atoms with Gasteiger partial charge < -0.3 is 22.0 Å². The first-order chi connectivity index (χ1) is 2.00. The third-order valence-electron chi connectivity index (χ3n) is 0. The minimum Gasteiger partial charge on any atom is -1.00 e. The van der Waals surface area contributed by atoms with Gasteiger partial charge in [-0.3, -0.25) is 0 Å². The van der Waals surface area contributed by atoms with Gasteiger partial charge in [0.25, 0.3) is 0 Å². The van der Waals surface area contributed by atoms with Crippen molar-refractivity contribution in [3.05, 3.63) is 0 Å². The summed E-state index contributed by atoms with van der Waals surface area (Å²) in [5.41, 5.74) is 0. The largest absolute Gasteiger partial charge is 2.00 e. The Bertz CT molecular complexity index is 38.7. The molecule has 0 rings (SSSR count). The predicted octanol–water partition coefficient (Wildman–Crippen LogP) is -3.95. The van der Waals surface area contributed by atoms with E-state index in [1.54, 1.807) is 0 Å². The van der Waals surface area contributed by atoms with Crippen molar-refractivity contribution < 1.29 is 44.4 Å². The molecule has 8 heteroatoms. The zero-order valence-electron chi connectivity index (χ0n) is 5.44. The first-order valence-electron chi connectivity index (χ1n) is 0.894.